The molecular formula is C15H21N3OS. The van der Waals surface area contributed by atoms with Crippen molar-refractivity contribution >= 4 is 27.4 Å². The van der Waals surface area contributed by atoms with E-state index in [1.165, 1.54) is 16.9 Å². The van der Waals surface area contributed by atoms with Gasteiger partial charge in [-0.3, -0.25) is 0 Å². The Morgan fingerprint density at radius 2 is 2.05 bits per heavy atom. The number of benzene rings is 1. The highest BCUT2D eigenvalue weighted by Crippen LogP contribution is 2.27. The zero-order chi connectivity index (χ0) is 13.8. The fraction of sp³-hybridized carbons (Fsp3) is 0.533. The van der Waals surface area contributed by atoms with Crippen LogP contribution in [0.4, 0.5) is 5.00 Å². The minimum atomic E-state index is 0.386. The van der Waals surface area contributed by atoms with E-state index < -0.39 is 0 Å². The number of fused-ring (bicyclic) bond motifs is 1. The number of hydrogen-bond acceptors (Lipinski definition) is 5. The number of nitrogens with two attached hydrogens (primary N) is 1. The molecule has 0 saturated heterocycles. The van der Waals surface area contributed by atoms with E-state index in [2.05, 4.69) is 15.8 Å². The highest BCUT2D eigenvalue weighted by Gasteiger charge is 2.18. The van der Waals surface area contributed by atoms with Crippen LogP contribution < -0.4 is 11.1 Å². The third kappa shape index (κ3) is 3.29. The molecule has 2 aromatic rings. The monoisotopic (exact) mass is 291 g/mol. The quantitative estimate of drug-likeness (QED) is 0.831. The van der Waals surface area contributed by atoms with E-state index >= 15 is 0 Å². The van der Waals surface area contributed by atoms with Crippen LogP contribution >= 0.6 is 11.5 Å². The molecule has 1 aromatic carbocycles. The van der Waals surface area contributed by atoms with Crippen LogP contribution in [0.5, 0.6) is 0 Å². The number of aromatic nitrogens is 1. The van der Waals surface area contributed by atoms with Gasteiger partial charge in [-0.1, -0.05) is 12.1 Å². The SMILES string of the molecule is NC1CCC(OCCNc2snc3ccccc23)CC1. The molecule has 1 aliphatic carbocycles. The van der Waals surface area contributed by atoms with Crippen molar-refractivity contribution in [2.75, 3.05) is 18.5 Å². The van der Waals surface area contributed by atoms with E-state index in [1.807, 2.05) is 18.2 Å². The maximum Gasteiger partial charge on any atom is 0.117 e. The van der Waals surface area contributed by atoms with Crippen molar-refractivity contribution in [2.45, 2.75) is 37.8 Å². The Kier molecular flexibility index (Phi) is 4.50. The second-order valence-corrected chi connectivity index (χ2v) is 6.14. The highest BCUT2D eigenvalue weighted by atomic mass is 32.1. The van der Waals surface area contributed by atoms with E-state index in [0.717, 1.165) is 49.4 Å². The zero-order valence-corrected chi connectivity index (χ0v) is 12.4. The largest absolute Gasteiger partial charge is 0.376 e. The summed E-state index contributed by atoms with van der Waals surface area (Å²) in [5, 5.41) is 5.75. The standard InChI is InChI=1S/C15H21N3OS/c16-11-5-7-12(8-6-11)19-10-9-17-15-13-3-1-2-4-14(13)18-20-15/h1-4,11-12,17H,5-10,16H2. The molecule has 0 aliphatic heterocycles. The van der Waals surface area contributed by atoms with E-state index in [1.54, 1.807) is 0 Å². The fourth-order valence-electron chi connectivity index (χ4n) is 2.66. The second kappa shape index (κ2) is 6.52. The normalized spacial score (nSPS) is 23.1. The average molecular weight is 291 g/mol. The summed E-state index contributed by atoms with van der Waals surface area (Å²) in [5.41, 5.74) is 6.95. The third-order valence-electron chi connectivity index (χ3n) is 3.84. The van der Waals surface area contributed by atoms with Gasteiger partial charge in [0.25, 0.3) is 0 Å². The molecule has 5 heteroatoms. The number of anilines is 1. The van der Waals surface area contributed by atoms with Gasteiger partial charge in [0.15, 0.2) is 0 Å². The molecule has 0 spiro atoms. The number of nitrogens with zero attached hydrogens (tertiary/aromatic N) is 1. The first-order chi connectivity index (χ1) is 9.83. The molecule has 3 rings (SSSR count). The molecule has 1 saturated carbocycles. The molecule has 0 amide bonds. The van der Waals surface area contributed by atoms with Crippen molar-refractivity contribution in [1.82, 2.24) is 4.37 Å². The molecule has 0 unspecified atom stereocenters. The minimum Gasteiger partial charge on any atom is -0.376 e. The summed E-state index contributed by atoms with van der Waals surface area (Å²) in [5.74, 6) is 0. The van der Waals surface area contributed by atoms with Crippen LogP contribution in [0.15, 0.2) is 24.3 Å². The van der Waals surface area contributed by atoms with Crippen molar-refractivity contribution in [2.24, 2.45) is 5.73 Å². The molecule has 0 radical (unpaired) electrons. The fourth-order valence-corrected chi connectivity index (χ4v) is 3.45. The maximum atomic E-state index is 5.91. The lowest BCUT2D eigenvalue weighted by Gasteiger charge is -2.26. The van der Waals surface area contributed by atoms with Gasteiger partial charge in [0.1, 0.15) is 5.00 Å². The lowest BCUT2D eigenvalue weighted by molar-refractivity contribution is 0.0313. The first-order valence-electron chi connectivity index (χ1n) is 7.28. The van der Waals surface area contributed by atoms with Crippen molar-refractivity contribution in [3.63, 3.8) is 0 Å². The van der Waals surface area contributed by atoms with Crippen molar-refractivity contribution < 1.29 is 4.74 Å². The number of ether oxygens (including phenoxy) is 1. The Labute approximate surface area is 123 Å². The predicted molar refractivity (Wildman–Crippen MR) is 84.3 cm³/mol. The molecule has 108 valence electrons. The van der Waals surface area contributed by atoms with Crippen molar-refractivity contribution in [3.8, 4) is 0 Å². The van der Waals surface area contributed by atoms with Crippen LogP contribution in [0, 0.1) is 0 Å². The summed E-state index contributed by atoms with van der Waals surface area (Å²) in [7, 11) is 0. The van der Waals surface area contributed by atoms with Gasteiger partial charge in [0, 0.05) is 18.0 Å². The van der Waals surface area contributed by atoms with Gasteiger partial charge >= 0.3 is 0 Å². The van der Waals surface area contributed by atoms with Gasteiger partial charge < -0.3 is 15.8 Å². The molecule has 1 aliphatic rings. The van der Waals surface area contributed by atoms with Crippen LogP contribution in [0.1, 0.15) is 25.7 Å². The minimum absolute atomic E-state index is 0.386. The molecule has 1 heterocycles. The van der Waals surface area contributed by atoms with Gasteiger partial charge in [-0.15, -0.1) is 0 Å². The summed E-state index contributed by atoms with van der Waals surface area (Å²) in [6, 6.07) is 8.59. The Hall–Kier alpha value is -1.17. The van der Waals surface area contributed by atoms with Gasteiger partial charge in [-0.05, 0) is 49.3 Å². The highest BCUT2D eigenvalue weighted by molar-refractivity contribution is 7.11. The molecule has 0 bridgehead atoms. The molecule has 0 atom stereocenters. The molecule has 1 fully saturated rings. The Bertz CT molecular complexity index is 549. The Morgan fingerprint density at radius 3 is 2.90 bits per heavy atom. The topological polar surface area (TPSA) is 60.2 Å². The van der Waals surface area contributed by atoms with E-state index in [9.17, 15) is 0 Å². The van der Waals surface area contributed by atoms with E-state index in [0.29, 0.717) is 12.1 Å². The maximum absolute atomic E-state index is 5.91. The Balaban J connectivity index is 1.44. The zero-order valence-electron chi connectivity index (χ0n) is 11.5. The van der Waals surface area contributed by atoms with Crippen molar-refractivity contribution in [1.29, 1.82) is 0 Å². The summed E-state index contributed by atoms with van der Waals surface area (Å²) < 4.78 is 10.3. The van der Waals surface area contributed by atoms with E-state index in [4.69, 9.17) is 10.5 Å². The van der Waals surface area contributed by atoms with Gasteiger partial charge in [0.2, 0.25) is 0 Å². The first kappa shape index (κ1) is 13.8. The second-order valence-electron chi connectivity index (χ2n) is 5.36. The molecule has 4 nitrogen and oxygen atoms in total. The summed E-state index contributed by atoms with van der Waals surface area (Å²) in [4.78, 5) is 0. The van der Waals surface area contributed by atoms with Gasteiger partial charge in [0.05, 0.1) is 18.2 Å². The smallest absolute Gasteiger partial charge is 0.117 e. The summed E-state index contributed by atoms with van der Waals surface area (Å²) in [6.07, 6.45) is 4.79. The third-order valence-corrected chi connectivity index (χ3v) is 4.68. The lowest BCUT2D eigenvalue weighted by atomic mass is 9.94. The van der Waals surface area contributed by atoms with Gasteiger partial charge in [-0.2, -0.15) is 4.37 Å². The molecule has 20 heavy (non-hydrogen) atoms. The summed E-state index contributed by atoms with van der Waals surface area (Å²) in [6.45, 7) is 1.57. The molecule has 3 N–H and O–H groups in total. The van der Waals surface area contributed by atoms with Crippen LogP contribution in [-0.4, -0.2) is 29.7 Å². The van der Waals surface area contributed by atoms with E-state index in [-0.39, 0.29) is 0 Å². The number of nitrogens with one attached hydrogen (secondary N) is 1. The summed E-state index contributed by atoms with van der Waals surface area (Å²) >= 11 is 1.52. The Morgan fingerprint density at radius 1 is 1.25 bits per heavy atom. The lowest BCUT2D eigenvalue weighted by Crippen LogP contribution is -2.31. The van der Waals surface area contributed by atoms with Crippen LogP contribution in [0.2, 0.25) is 0 Å². The van der Waals surface area contributed by atoms with Gasteiger partial charge in [-0.25, -0.2) is 0 Å². The number of rotatable bonds is 5. The van der Waals surface area contributed by atoms with Crippen LogP contribution in [0.3, 0.4) is 0 Å². The molecular weight excluding hydrogens is 270 g/mol. The van der Waals surface area contributed by atoms with Crippen LogP contribution in [-0.2, 0) is 4.74 Å². The van der Waals surface area contributed by atoms with Crippen LogP contribution in [0.25, 0.3) is 10.9 Å². The predicted octanol–water partition coefficient (Wildman–Crippen LogP) is 2.99. The van der Waals surface area contributed by atoms with Crippen molar-refractivity contribution in [3.05, 3.63) is 24.3 Å². The average Bonchev–Trinajstić information content (AvgIpc) is 2.89. The first-order valence-corrected chi connectivity index (χ1v) is 8.06. The molecule has 1 aromatic heterocycles. The number of hydrogen-bond donors (Lipinski definition) is 2.